The predicted molar refractivity (Wildman–Crippen MR) is 137 cm³/mol. The number of hydrogen-bond acceptors (Lipinski definition) is 7. The van der Waals surface area contributed by atoms with Gasteiger partial charge in [0, 0.05) is 42.6 Å². The lowest BCUT2D eigenvalue weighted by Crippen LogP contribution is -2.42. The van der Waals surface area contributed by atoms with Gasteiger partial charge in [-0.2, -0.15) is 0 Å². The van der Waals surface area contributed by atoms with E-state index in [1.807, 2.05) is 13.8 Å². The van der Waals surface area contributed by atoms with Crippen molar-refractivity contribution in [1.29, 1.82) is 0 Å². The molecule has 0 unspecified atom stereocenters. The van der Waals surface area contributed by atoms with E-state index in [1.54, 1.807) is 17.5 Å². The van der Waals surface area contributed by atoms with Gasteiger partial charge >= 0.3 is 0 Å². The SMILES string of the molecule is CC(C)N(CC(=O)Nc1nc(CC(=O)NCCN2CCOCC2)cs1)C(=O)c1ccc(Cl)cc1Cl. The summed E-state index contributed by atoms with van der Waals surface area (Å²) in [5.74, 6) is -0.892. The van der Waals surface area contributed by atoms with E-state index in [-0.39, 0.29) is 41.4 Å². The van der Waals surface area contributed by atoms with Gasteiger partial charge in [0.15, 0.2) is 5.13 Å². The molecule has 0 saturated carbocycles. The average Bonchev–Trinajstić information content (AvgIpc) is 3.24. The first-order valence-corrected chi connectivity index (χ1v) is 12.9. The Hall–Kier alpha value is -2.24. The second-order valence-corrected chi connectivity index (χ2v) is 10.0. The second-order valence-electron chi connectivity index (χ2n) is 8.32. The fourth-order valence-corrected chi connectivity index (χ4v) is 4.69. The van der Waals surface area contributed by atoms with Crippen LogP contribution in [-0.4, -0.2) is 84.5 Å². The Morgan fingerprint density at radius 3 is 2.63 bits per heavy atom. The van der Waals surface area contributed by atoms with Gasteiger partial charge in [0.25, 0.3) is 5.91 Å². The molecule has 9 nitrogen and oxygen atoms in total. The van der Waals surface area contributed by atoms with Crippen molar-refractivity contribution in [3.63, 3.8) is 0 Å². The van der Waals surface area contributed by atoms with Crippen LogP contribution in [0.2, 0.25) is 10.0 Å². The monoisotopic (exact) mass is 541 g/mol. The Labute approximate surface area is 218 Å². The number of halogens is 2. The van der Waals surface area contributed by atoms with Crippen molar-refractivity contribution in [3.05, 3.63) is 44.9 Å². The first kappa shape index (κ1) is 27.3. The number of thiazole rings is 1. The molecule has 0 spiro atoms. The summed E-state index contributed by atoms with van der Waals surface area (Å²) in [4.78, 5) is 45.8. The lowest BCUT2D eigenvalue weighted by molar-refractivity contribution is -0.120. The van der Waals surface area contributed by atoms with Gasteiger partial charge in [0.2, 0.25) is 11.8 Å². The van der Waals surface area contributed by atoms with Crippen molar-refractivity contribution < 1.29 is 19.1 Å². The van der Waals surface area contributed by atoms with Crippen LogP contribution >= 0.6 is 34.5 Å². The molecule has 0 radical (unpaired) electrons. The molecular formula is C23H29Cl2N5O4S. The van der Waals surface area contributed by atoms with Gasteiger partial charge in [-0.3, -0.25) is 19.3 Å². The number of aromatic nitrogens is 1. The van der Waals surface area contributed by atoms with Crippen molar-refractivity contribution in [3.8, 4) is 0 Å². The van der Waals surface area contributed by atoms with Gasteiger partial charge in [0.05, 0.1) is 35.9 Å². The third-order valence-electron chi connectivity index (χ3n) is 5.35. The second kappa shape index (κ2) is 13.2. The summed E-state index contributed by atoms with van der Waals surface area (Å²) >= 11 is 13.3. The van der Waals surface area contributed by atoms with E-state index in [4.69, 9.17) is 27.9 Å². The zero-order valence-electron chi connectivity index (χ0n) is 19.7. The van der Waals surface area contributed by atoms with Gasteiger partial charge in [-0.05, 0) is 32.0 Å². The largest absolute Gasteiger partial charge is 0.379 e. The van der Waals surface area contributed by atoms with Crippen LogP contribution in [0.4, 0.5) is 5.13 Å². The Morgan fingerprint density at radius 2 is 1.94 bits per heavy atom. The third-order valence-corrected chi connectivity index (χ3v) is 6.71. The molecule has 2 heterocycles. The number of ether oxygens (including phenoxy) is 1. The molecule has 3 rings (SSSR count). The number of hydrogen-bond donors (Lipinski definition) is 2. The number of carbonyl (C=O) groups is 3. The van der Waals surface area contributed by atoms with E-state index in [1.165, 1.54) is 22.3 Å². The van der Waals surface area contributed by atoms with Gasteiger partial charge in [-0.1, -0.05) is 23.2 Å². The zero-order valence-corrected chi connectivity index (χ0v) is 22.0. The Balaban J connectivity index is 1.48. The number of nitrogens with zero attached hydrogens (tertiary/aromatic N) is 3. The highest BCUT2D eigenvalue weighted by molar-refractivity contribution is 7.13. The van der Waals surface area contributed by atoms with E-state index in [2.05, 4.69) is 20.5 Å². The van der Waals surface area contributed by atoms with E-state index >= 15 is 0 Å². The van der Waals surface area contributed by atoms with Gasteiger partial charge < -0.3 is 20.3 Å². The molecule has 0 aliphatic carbocycles. The molecule has 1 fully saturated rings. The molecule has 0 bridgehead atoms. The number of rotatable bonds is 10. The fourth-order valence-electron chi connectivity index (χ4n) is 3.47. The van der Waals surface area contributed by atoms with Crippen LogP contribution in [0.5, 0.6) is 0 Å². The molecule has 12 heteroatoms. The van der Waals surface area contributed by atoms with Crippen LogP contribution in [0.3, 0.4) is 0 Å². The number of amides is 3. The number of benzene rings is 1. The van der Waals surface area contributed by atoms with E-state index in [0.717, 1.165) is 32.8 Å². The Bertz CT molecular complexity index is 1040. The molecule has 1 saturated heterocycles. The lowest BCUT2D eigenvalue weighted by Gasteiger charge is -2.26. The highest BCUT2D eigenvalue weighted by Crippen LogP contribution is 2.23. The maximum Gasteiger partial charge on any atom is 0.256 e. The maximum atomic E-state index is 13.0. The number of nitrogens with one attached hydrogen (secondary N) is 2. The highest BCUT2D eigenvalue weighted by Gasteiger charge is 2.24. The highest BCUT2D eigenvalue weighted by atomic mass is 35.5. The molecule has 0 atom stereocenters. The Kier molecular flexibility index (Phi) is 10.3. The molecule has 35 heavy (non-hydrogen) atoms. The number of carbonyl (C=O) groups excluding carboxylic acids is 3. The summed E-state index contributed by atoms with van der Waals surface area (Å²) in [5.41, 5.74) is 0.840. The summed E-state index contributed by atoms with van der Waals surface area (Å²) in [7, 11) is 0. The van der Waals surface area contributed by atoms with Crippen molar-refractivity contribution in [2.75, 3.05) is 51.3 Å². The van der Waals surface area contributed by atoms with E-state index < -0.39 is 5.91 Å². The molecule has 2 aromatic rings. The third kappa shape index (κ3) is 8.43. The van der Waals surface area contributed by atoms with Crippen LogP contribution in [0.1, 0.15) is 29.9 Å². The van der Waals surface area contributed by atoms with E-state index in [9.17, 15) is 14.4 Å². The maximum absolute atomic E-state index is 13.0. The van der Waals surface area contributed by atoms with E-state index in [0.29, 0.717) is 22.4 Å². The van der Waals surface area contributed by atoms with Gasteiger partial charge in [0.1, 0.15) is 6.54 Å². The molecule has 1 aromatic carbocycles. The molecule has 1 aliphatic heterocycles. The van der Waals surface area contributed by atoms with Crippen LogP contribution in [0, 0.1) is 0 Å². The van der Waals surface area contributed by atoms with Crippen LogP contribution in [0.25, 0.3) is 0 Å². The molecule has 1 aliphatic rings. The topological polar surface area (TPSA) is 104 Å². The zero-order chi connectivity index (χ0) is 25.4. The summed E-state index contributed by atoms with van der Waals surface area (Å²) in [6.45, 7) is 7.98. The molecular weight excluding hydrogens is 513 g/mol. The first-order chi connectivity index (χ1) is 16.7. The van der Waals surface area contributed by atoms with Gasteiger partial charge in [-0.15, -0.1) is 11.3 Å². The molecule has 1 aromatic heterocycles. The molecule has 2 N–H and O–H groups in total. The van der Waals surface area contributed by atoms with Crippen molar-refractivity contribution in [2.45, 2.75) is 26.3 Å². The van der Waals surface area contributed by atoms with Crippen molar-refractivity contribution >= 4 is 57.4 Å². The minimum atomic E-state index is -0.395. The minimum absolute atomic E-state index is 0.126. The summed E-state index contributed by atoms with van der Waals surface area (Å²) in [5, 5.41) is 8.35. The fraction of sp³-hybridized carbons (Fsp3) is 0.478. The first-order valence-electron chi connectivity index (χ1n) is 11.3. The van der Waals surface area contributed by atoms with Crippen molar-refractivity contribution in [1.82, 2.24) is 20.1 Å². The summed E-state index contributed by atoms with van der Waals surface area (Å²) < 4.78 is 5.31. The minimum Gasteiger partial charge on any atom is -0.379 e. The Morgan fingerprint density at radius 1 is 1.20 bits per heavy atom. The number of anilines is 1. The normalized spacial score (nSPS) is 14.1. The quantitative estimate of drug-likeness (QED) is 0.479. The van der Waals surface area contributed by atoms with Crippen molar-refractivity contribution in [2.24, 2.45) is 0 Å². The van der Waals surface area contributed by atoms with Crippen LogP contribution in [-0.2, 0) is 20.7 Å². The molecule has 3 amide bonds. The lowest BCUT2D eigenvalue weighted by atomic mass is 10.1. The summed E-state index contributed by atoms with van der Waals surface area (Å²) in [6, 6.07) is 4.37. The smallest absolute Gasteiger partial charge is 0.256 e. The standard InChI is InChI=1S/C23H29Cl2N5O4S/c1-15(2)30(22(33)18-4-3-16(24)11-19(18)25)13-21(32)28-23-27-17(14-35-23)12-20(31)26-5-6-29-7-9-34-10-8-29/h3-4,11,14-15H,5-10,12-13H2,1-2H3,(H,26,31)(H,27,28,32). The van der Waals surface area contributed by atoms with Crippen LogP contribution < -0.4 is 10.6 Å². The van der Waals surface area contributed by atoms with Gasteiger partial charge in [-0.25, -0.2) is 4.98 Å². The van der Waals surface area contributed by atoms with Crippen LogP contribution in [0.15, 0.2) is 23.6 Å². The predicted octanol–water partition coefficient (Wildman–Crippen LogP) is 2.93. The number of morpholine rings is 1. The molecule has 190 valence electrons. The average molecular weight is 542 g/mol. The summed E-state index contributed by atoms with van der Waals surface area (Å²) in [6.07, 6.45) is 0.126.